The zero-order chi connectivity index (χ0) is 23.5. The van der Waals surface area contributed by atoms with Gasteiger partial charge in [-0.1, -0.05) is 54.6 Å². The lowest BCUT2D eigenvalue weighted by molar-refractivity contribution is 0.285. The number of methoxy groups -OCH3 is 1. The number of hydrogen-bond donors (Lipinski definition) is 1. The molecular weight excluding hydrogens is 422 g/mol. The molecule has 0 spiro atoms. The van der Waals surface area contributed by atoms with Crippen LogP contribution in [0.5, 0.6) is 11.5 Å². The molecule has 5 heteroatoms. The van der Waals surface area contributed by atoms with Gasteiger partial charge in [0.2, 0.25) is 0 Å². The van der Waals surface area contributed by atoms with Gasteiger partial charge >= 0.3 is 0 Å². The zero-order valence-corrected chi connectivity index (χ0v) is 19.0. The van der Waals surface area contributed by atoms with E-state index in [0.29, 0.717) is 29.5 Å². The maximum absolute atomic E-state index is 9.76. The van der Waals surface area contributed by atoms with E-state index >= 15 is 0 Å². The molecule has 0 bridgehead atoms. The molecular formula is C29H23N3O2. The molecule has 166 valence electrons. The molecule has 0 saturated carbocycles. The highest BCUT2D eigenvalue weighted by atomic mass is 16.5. The van der Waals surface area contributed by atoms with Gasteiger partial charge in [-0.05, 0) is 64.7 Å². The second kappa shape index (κ2) is 9.13. The van der Waals surface area contributed by atoms with Gasteiger partial charge in [-0.25, -0.2) is 4.98 Å². The van der Waals surface area contributed by atoms with Crippen LogP contribution < -0.4 is 9.47 Å². The van der Waals surface area contributed by atoms with Gasteiger partial charge in [-0.2, -0.15) is 5.26 Å². The van der Waals surface area contributed by atoms with E-state index in [0.717, 1.165) is 27.7 Å². The Kier molecular flexibility index (Phi) is 5.72. The second-order valence-corrected chi connectivity index (χ2v) is 8.11. The molecule has 0 aliphatic rings. The molecule has 0 fully saturated rings. The fourth-order valence-electron chi connectivity index (χ4n) is 4.04. The van der Waals surface area contributed by atoms with E-state index < -0.39 is 0 Å². The lowest BCUT2D eigenvalue weighted by atomic mass is 10.1. The number of benzene rings is 4. The quantitative estimate of drug-likeness (QED) is 0.296. The third-order valence-corrected chi connectivity index (χ3v) is 5.77. The number of aromatic nitrogens is 2. The number of fused-ring (bicyclic) bond motifs is 2. The van der Waals surface area contributed by atoms with E-state index in [2.05, 4.69) is 40.3 Å². The van der Waals surface area contributed by atoms with Crippen LogP contribution in [0.4, 0.5) is 0 Å². The van der Waals surface area contributed by atoms with Crippen LogP contribution >= 0.6 is 0 Å². The normalized spacial score (nSPS) is 11.5. The topological polar surface area (TPSA) is 70.9 Å². The standard InChI is InChI=1S/C29H23N3O2/c1-19-10-12-25-26(14-19)32-29(31-25)23(17-30)15-20-11-13-27(28(16-20)33-2)34-18-22-8-5-7-21-6-3-4-9-24(21)22/h3-16H,18H2,1-2H3,(H,31,32)/b23-15-. The minimum absolute atomic E-state index is 0.425. The Morgan fingerprint density at radius 1 is 1.00 bits per heavy atom. The summed E-state index contributed by atoms with van der Waals surface area (Å²) in [6, 6.07) is 28.3. The van der Waals surface area contributed by atoms with Gasteiger partial charge in [0.25, 0.3) is 0 Å². The number of nitriles is 1. The average molecular weight is 446 g/mol. The number of nitrogens with one attached hydrogen (secondary N) is 1. The molecule has 1 aromatic heterocycles. The number of imidazole rings is 1. The van der Waals surface area contributed by atoms with E-state index in [1.54, 1.807) is 13.2 Å². The molecule has 0 atom stereocenters. The summed E-state index contributed by atoms with van der Waals surface area (Å²) in [5, 5.41) is 12.1. The van der Waals surface area contributed by atoms with E-state index in [1.165, 1.54) is 10.8 Å². The Morgan fingerprint density at radius 3 is 2.71 bits per heavy atom. The lowest BCUT2D eigenvalue weighted by Gasteiger charge is -2.13. The third-order valence-electron chi connectivity index (χ3n) is 5.77. The van der Waals surface area contributed by atoms with E-state index in [1.807, 2.05) is 61.5 Å². The van der Waals surface area contributed by atoms with Crippen LogP contribution in [0.1, 0.15) is 22.5 Å². The summed E-state index contributed by atoms with van der Waals surface area (Å²) in [5.41, 5.74) is 5.25. The van der Waals surface area contributed by atoms with Crippen molar-refractivity contribution in [1.82, 2.24) is 9.97 Å². The minimum atomic E-state index is 0.425. The molecule has 0 saturated heterocycles. The Morgan fingerprint density at radius 2 is 1.85 bits per heavy atom. The van der Waals surface area contributed by atoms with Crippen molar-refractivity contribution < 1.29 is 9.47 Å². The van der Waals surface area contributed by atoms with Crippen molar-refractivity contribution in [2.24, 2.45) is 0 Å². The molecule has 5 rings (SSSR count). The van der Waals surface area contributed by atoms with Gasteiger partial charge in [0, 0.05) is 0 Å². The minimum Gasteiger partial charge on any atom is -0.493 e. The van der Waals surface area contributed by atoms with Crippen LogP contribution in [-0.4, -0.2) is 17.1 Å². The van der Waals surface area contributed by atoms with Gasteiger partial charge in [-0.15, -0.1) is 0 Å². The Bertz CT molecular complexity index is 1570. The Balaban J connectivity index is 1.41. The van der Waals surface area contributed by atoms with Crippen molar-refractivity contribution in [3.8, 4) is 17.6 Å². The lowest BCUT2D eigenvalue weighted by Crippen LogP contribution is -1.99. The Hall–Kier alpha value is -4.56. The number of allylic oxidation sites excluding steroid dienone is 1. The fourth-order valence-corrected chi connectivity index (χ4v) is 4.04. The van der Waals surface area contributed by atoms with Crippen LogP contribution in [0.2, 0.25) is 0 Å². The van der Waals surface area contributed by atoms with Crippen molar-refractivity contribution >= 4 is 33.5 Å². The van der Waals surface area contributed by atoms with Gasteiger partial charge < -0.3 is 14.5 Å². The number of nitrogens with zero attached hydrogens (tertiary/aromatic N) is 2. The van der Waals surface area contributed by atoms with Gasteiger partial charge in [-0.3, -0.25) is 0 Å². The molecule has 5 aromatic rings. The first-order valence-corrected chi connectivity index (χ1v) is 11.0. The van der Waals surface area contributed by atoms with Crippen molar-refractivity contribution in [3.05, 3.63) is 101 Å². The highest BCUT2D eigenvalue weighted by molar-refractivity contribution is 5.90. The van der Waals surface area contributed by atoms with E-state index in [4.69, 9.17) is 9.47 Å². The summed E-state index contributed by atoms with van der Waals surface area (Å²) in [4.78, 5) is 7.81. The number of hydrogen-bond acceptors (Lipinski definition) is 4. The number of ether oxygens (including phenoxy) is 2. The van der Waals surface area contributed by atoms with Crippen molar-refractivity contribution in [3.63, 3.8) is 0 Å². The van der Waals surface area contributed by atoms with Crippen LogP contribution in [0.3, 0.4) is 0 Å². The van der Waals surface area contributed by atoms with E-state index in [-0.39, 0.29) is 0 Å². The zero-order valence-electron chi connectivity index (χ0n) is 19.0. The summed E-state index contributed by atoms with van der Waals surface area (Å²) in [6.45, 7) is 2.45. The largest absolute Gasteiger partial charge is 0.493 e. The van der Waals surface area contributed by atoms with Gasteiger partial charge in [0.05, 0.1) is 23.7 Å². The molecule has 1 N–H and O–H groups in total. The molecule has 0 amide bonds. The number of rotatable bonds is 6. The molecule has 34 heavy (non-hydrogen) atoms. The highest BCUT2D eigenvalue weighted by Crippen LogP contribution is 2.31. The van der Waals surface area contributed by atoms with Crippen LogP contribution in [0.25, 0.3) is 33.5 Å². The smallest absolute Gasteiger partial charge is 0.161 e. The maximum Gasteiger partial charge on any atom is 0.161 e. The number of H-pyrrole nitrogens is 1. The predicted molar refractivity (Wildman–Crippen MR) is 136 cm³/mol. The first-order chi connectivity index (χ1) is 16.6. The van der Waals surface area contributed by atoms with Crippen LogP contribution in [-0.2, 0) is 6.61 Å². The number of aryl methyl sites for hydroxylation is 1. The molecule has 0 radical (unpaired) electrons. The molecule has 0 unspecified atom stereocenters. The van der Waals surface area contributed by atoms with Gasteiger partial charge in [0.15, 0.2) is 11.5 Å². The summed E-state index contributed by atoms with van der Waals surface area (Å²) < 4.78 is 11.7. The summed E-state index contributed by atoms with van der Waals surface area (Å²) in [6.07, 6.45) is 1.79. The van der Waals surface area contributed by atoms with Crippen molar-refractivity contribution in [2.75, 3.05) is 7.11 Å². The van der Waals surface area contributed by atoms with Gasteiger partial charge in [0.1, 0.15) is 18.5 Å². The summed E-state index contributed by atoms with van der Waals surface area (Å²) in [5.74, 6) is 1.79. The SMILES string of the molecule is COc1cc(/C=C(/C#N)c2nc3ccc(C)cc3[nH]2)ccc1OCc1cccc2ccccc12. The van der Waals surface area contributed by atoms with Crippen molar-refractivity contribution in [1.29, 1.82) is 5.26 Å². The number of aromatic amines is 1. The highest BCUT2D eigenvalue weighted by Gasteiger charge is 2.11. The van der Waals surface area contributed by atoms with E-state index in [9.17, 15) is 5.26 Å². The van der Waals surface area contributed by atoms with Crippen LogP contribution in [0, 0.1) is 18.3 Å². The predicted octanol–water partition coefficient (Wildman–Crippen LogP) is 6.68. The molecule has 1 heterocycles. The second-order valence-electron chi connectivity index (χ2n) is 8.11. The maximum atomic E-state index is 9.76. The summed E-state index contributed by atoms with van der Waals surface area (Å²) >= 11 is 0. The first kappa shape index (κ1) is 21.3. The molecule has 0 aliphatic carbocycles. The third kappa shape index (κ3) is 4.22. The Labute approximate surface area is 197 Å². The van der Waals surface area contributed by atoms with Crippen LogP contribution in [0.15, 0.2) is 78.9 Å². The molecule has 4 aromatic carbocycles. The molecule has 0 aliphatic heterocycles. The molecule has 5 nitrogen and oxygen atoms in total. The fraction of sp³-hybridized carbons (Fsp3) is 0.103. The summed E-state index contributed by atoms with van der Waals surface area (Å²) in [7, 11) is 1.61. The first-order valence-electron chi connectivity index (χ1n) is 11.0. The monoisotopic (exact) mass is 445 g/mol. The van der Waals surface area contributed by atoms with Crippen molar-refractivity contribution in [2.45, 2.75) is 13.5 Å². The average Bonchev–Trinajstić information content (AvgIpc) is 3.29.